The number of carbonyl (C=O) groups is 3. The summed E-state index contributed by atoms with van der Waals surface area (Å²) in [6, 6.07) is 14.7. The van der Waals surface area contributed by atoms with E-state index in [0.717, 1.165) is 28.7 Å². The van der Waals surface area contributed by atoms with Gasteiger partial charge in [-0.05, 0) is 48.9 Å². The van der Waals surface area contributed by atoms with Gasteiger partial charge in [-0.25, -0.2) is 4.79 Å². The van der Waals surface area contributed by atoms with E-state index in [1.54, 1.807) is 13.8 Å². The van der Waals surface area contributed by atoms with Crippen LogP contribution in [0.3, 0.4) is 0 Å². The van der Waals surface area contributed by atoms with Crippen molar-refractivity contribution in [2.24, 2.45) is 5.92 Å². The summed E-state index contributed by atoms with van der Waals surface area (Å²) in [5.74, 6) is -1.94. The van der Waals surface area contributed by atoms with Gasteiger partial charge in [0.1, 0.15) is 12.6 Å². The fraction of sp³-hybridized carbons (Fsp3) is 0.444. The number of hydrogen-bond donors (Lipinski definition) is 3. The second kappa shape index (κ2) is 10.1. The second-order valence-electron chi connectivity index (χ2n) is 9.90. The Kier molecular flexibility index (Phi) is 7.12. The molecule has 2 unspecified atom stereocenters. The predicted octanol–water partition coefficient (Wildman–Crippen LogP) is 3.38. The van der Waals surface area contributed by atoms with Crippen LogP contribution < -0.4 is 5.32 Å². The van der Waals surface area contributed by atoms with Crippen molar-refractivity contribution in [2.45, 2.75) is 50.7 Å². The first-order valence-electron chi connectivity index (χ1n) is 12.0. The van der Waals surface area contributed by atoms with E-state index in [0.29, 0.717) is 19.5 Å². The normalized spacial score (nSPS) is 18.4. The monoisotopic (exact) mass is 480 g/mol. The van der Waals surface area contributed by atoms with Crippen LogP contribution >= 0.6 is 0 Å². The van der Waals surface area contributed by atoms with Gasteiger partial charge in [0.15, 0.2) is 0 Å². The molecule has 2 amide bonds. The van der Waals surface area contributed by atoms with Gasteiger partial charge in [0, 0.05) is 24.9 Å². The highest BCUT2D eigenvalue weighted by atomic mass is 16.5. The highest BCUT2D eigenvalue weighted by molar-refractivity contribution is 5.89. The number of amides is 2. The Balaban J connectivity index is 1.42. The molecule has 1 saturated heterocycles. The fourth-order valence-electron chi connectivity index (χ4n) is 5.13. The Morgan fingerprint density at radius 1 is 1.09 bits per heavy atom. The van der Waals surface area contributed by atoms with Crippen LogP contribution in [0.15, 0.2) is 48.5 Å². The van der Waals surface area contributed by atoms with Gasteiger partial charge in [0.05, 0.1) is 12.0 Å². The summed E-state index contributed by atoms with van der Waals surface area (Å²) in [5.41, 5.74) is 3.36. The molecule has 2 aliphatic rings. The molecule has 0 saturated carbocycles. The molecule has 8 nitrogen and oxygen atoms in total. The minimum absolute atomic E-state index is 0.0678. The van der Waals surface area contributed by atoms with E-state index in [9.17, 15) is 24.6 Å². The van der Waals surface area contributed by atoms with Crippen LogP contribution in [0, 0.1) is 5.92 Å². The van der Waals surface area contributed by atoms with Crippen molar-refractivity contribution < 1.29 is 29.3 Å². The minimum Gasteiger partial charge on any atom is -0.481 e. The Hall–Kier alpha value is -3.39. The number of piperidine rings is 1. The summed E-state index contributed by atoms with van der Waals surface area (Å²) in [7, 11) is 0. The highest BCUT2D eigenvalue weighted by Crippen LogP contribution is 2.44. The largest absolute Gasteiger partial charge is 0.481 e. The van der Waals surface area contributed by atoms with Gasteiger partial charge in [0.25, 0.3) is 0 Å². The SMILES string of the molecule is CC(C)(O)C1CCCN(C(=O)C(CC(=O)O)NC(=O)OCC2c3ccccc3-c3ccccc32)C1. The van der Waals surface area contributed by atoms with Crippen molar-refractivity contribution in [3.05, 3.63) is 59.7 Å². The number of carboxylic acid groups (broad SMARTS) is 1. The van der Waals surface area contributed by atoms with Crippen LogP contribution in [0.2, 0.25) is 0 Å². The zero-order valence-electron chi connectivity index (χ0n) is 20.1. The molecule has 2 atom stereocenters. The van der Waals surface area contributed by atoms with Gasteiger partial charge >= 0.3 is 12.1 Å². The summed E-state index contributed by atoms with van der Waals surface area (Å²) >= 11 is 0. The first-order chi connectivity index (χ1) is 16.6. The molecule has 2 aromatic carbocycles. The van der Waals surface area contributed by atoms with Crippen LogP contribution in [0.4, 0.5) is 4.79 Å². The number of benzene rings is 2. The number of ether oxygens (including phenoxy) is 1. The number of hydrogen-bond acceptors (Lipinski definition) is 5. The first kappa shape index (κ1) is 24.7. The van der Waals surface area contributed by atoms with Crippen molar-refractivity contribution in [1.82, 2.24) is 10.2 Å². The maximum Gasteiger partial charge on any atom is 0.407 e. The third-order valence-corrected chi connectivity index (χ3v) is 7.04. The van der Waals surface area contributed by atoms with E-state index < -0.39 is 36.0 Å². The number of carboxylic acids is 1. The molecule has 0 spiro atoms. The summed E-state index contributed by atoms with van der Waals surface area (Å²) in [4.78, 5) is 38.8. The molecule has 8 heteroatoms. The lowest BCUT2D eigenvalue weighted by Gasteiger charge is -2.39. The number of carbonyl (C=O) groups excluding carboxylic acids is 2. The van der Waals surface area contributed by atoms with Gasteiger partial charge in [-0.15, -0.1) is 0 Å². The van der Waals surface area contributed by atoms with Crippen molar-refractivity contribution in [2.75, 3.05) is 19.7 Å². The molecular weight excluding hydrogens is 448 g/mol. The van der Waals surface area contributed by atoms with Gasteiger partial charge in [-0.2, -0.15) is 0 Å². The first-order valence-corrected chi connectivity index (χ1v) is 12.0. The molecule has 1 aliphatic carbocycles. The minimum atomic E-state index is -1.25. The topological polar surface area (TPSA) is 116 Å². The van der Waals surface area contributed by atoms with E-state index in [1.165, 1.54) is 4.90 Å². The van der Waals surface area contributed by atoms with Crippen molar-refractivity contribution in [3.8, 4) is 11.1 Å². The Morgan fingerprint density at radius 3 is 2.26 bits per heavy atom. The van der Waals surface area contributed by atoms with E-state index in [2.05, 4.69) is 5.32 Å². The van der Waals surface area contributed by atoms with Crippen molar-refractivity contribution in [1.29, 1.82) is 0 Å². The molecule has 1 fully saturated rings. The maximum atomic E-state index is 13.1. The third kappa shape index (κ3) is 5.48. The second-order valence-corrected chi connectivity index (χ2v) is 9.90. The summed E-state index contributed by atoms with van der Waals surface area (Å²) < 4.78 is 5.51. The van der Waals surface area contributed by atoms with E-state index >= 15 is 0 Å². The average molecular weight is 481 g/mol. The zero-order chi connectivity index (χ0) is 25.2. The lowest BCUT2D eigenvalue weighted by Crippen LogP contribution is -2.54. The lowest BCUT2D eigenvalue weighted by molar-refractivity contribution is -0.144. The molecule has 35 heavy (non-hydrogen) atoms. The van der Waals surface area contributed by atoms with Crippen LogP contribution in [0.1, 0.15) is 50.2 Å². The van der Waals surface area contributed by atoms with E-state index in [1.807, 2.05) is 48.5 Å². The molecule has 186 valence electrons. The van der Waals surface area contributed by atoms with Crippen LogP contribution in [0.25, 0.3) is 11.1 Å². The van der Waals surface area contributed by atoms with Crippen molar-refractivity contribution >= 4 is 18.0 Å². The summed E-state index contributed by atoms with van der Waals surface area (Å²) in [6.07, 6.45) is 0.0941. The Bertz CT molecular complexity index is 1060. The lowest BCUT2D eigenvalue weighted by atomic mass is 9.84. The molecule has 1 heterocycles. The van der Waals surface area contributed by atoms with Crippen LogP contribution in [-0.2, 0) is 14.3 Å². The molecule has 0 bridgehead atoms. The highest BCUT2D eigenvalue weighted by Gasteiger charge is 2.36. The molecule has 4 rings (SSSR count). The molecule has 0 radical (unpaired) electrons. The summed E-state index contributed by atoms with van der Waals surface area (Å²) in [5, 5.41) is 22.2. The fourth-order valence-corrected chi connectivity index (χ4v) is 5.13. The molecule has 1 aliphatic heterocycles. The predicted molar refractivity (Wildman–Crippen MR) is 130 cm³/mol. The molecule has 3 N–H and O–H groups in total. The molecule has 2 aromatic rings. The number of nitrogens with zero attached hydrogens (tertiary/aromatic N) is 1. The number of aliphatic carboxylic acids is 1. The standard InChI is InChI=1S/C27H32N2O6/c1-27(2,34)17-8-7-13-29(15-17)25(32)23(14-24(30)31)28-26(33)35-16-22-20-11-5-3-9-18(20)19-10-4-6-12-21(19)22/h3-6,9-12,17,22-23,34H,7-8,13-16H2,1-2H3,(H,28,33)(H,30,31). The van der Waals surface area contributed by atoms with Gasteiger partial charge in [-0.3, -0.25) is 9.59 Å². The number of likely N-dealkylation sites (tertiary alicyclic amines) is 1. The number of rotatable bonds is 7. The Labute approximate surface area is 204 Å². The average Bonchev–Trinajstić information content (AvgIpc) is 3.15. The van der Waals surface area contributed by atoms with Gasteiger partial charge in [0.2, 0.25) is 5.91 Å². The van der Waals surface area contributed by atoms with E-state index in [-0.39, 0.29) is 18.4 Å². The number of aliphatic hydroxyl groups is 1. The number of nitrogens with one attached hydrogen (secondary N) is 1. The third-order valence-electron chi connectivity index (χ3n) is 7.04. The van der Waals surface area contributed by atoms with Gasteiger partial charge < -0.3 is 25.2 Å². The van der Waals surface area contributed by atoms with Crippen molar-refractivity contribution in [3.63, 3.8) is 0 Å². The number of alkyl carbamates (subject to hydrolysis) is 1. The molecular formula is C27H32N2O6. The quantitative estimate of drug-likeness (QED) is 0.560. The number of fused-ring (bicyclic) bond motifs is 3. The zero-order valence-corrected chi connectivity index (χ0v) is 20.1. The molecule has 0 aromatic heterocycles. The van der Waals surface area contributed by atoms with Crippen LogP contribution in [0.5, 0.6) is 0 Å². The van der Waals surface area contributed by atoms with Gasteiger partial charge in [-0.1, -0.05) is 48.5 Å². The maximum absolute atomic E-state index is 13.1. The van der Waals surface area contributed by atoms with E-state index in [4.69, 9.17) is 4.74 Å². The summed E-state index contributed by atoms with van der Waals surface area (Å²) in [6.45, 7) is 4.24. The Morgan fingerprint density at radius 2 is 1.69 bits per heavy atom. The smallest absolute Gasteiger partial charge is 0.407 e. The van der Waals surface area contributed by atoms with Crippen LogP contribution in [-0.4, -0.2) is 64.4 Å².